The molecular formula is C15H19N3O2. The molecule has 5 heteroatoms. The van der Waals surface area contributed by atoms with Crippen LogP contribution in [0.4, 0.5) is 5.82 Å². The van der Waals surface area contributed by atoms with E-state index in [1.165, 1.54) is 0 Å². The third-order valence-corrected chi connectivity index (χ3v) is 3.22. The highest BCUT2D eigenvalue weighted by Gasteiger charge is 2.09. The third-order valence-electron chi connectivity index (χ3n) is 3.22. The summed E-state index contributed by atoms with van der Waals surface area (Å²) in [5.74, 6) is 1.18. The molecule has 0 radical (unpaired) electrons. The first-order valence-corrected chi connectivity index (χ1v) is 6.61. The number of hydrogen-bond acceptors (Lipinski definition) is 4. The third kappa shape index (κ3) is 2.99. The first-order chi connectivity index (χ1) is 9.65. The number of ether oxygens (including phenoxy) is 1. The minimum atomic E-state index is -0.102. The van der Waals surface area contributed by atoms with E-state index in [0.717, 1.165) is 11.3 Å². The topological polar surface area (TPSA) is 56.1 Å². The van der Waals surface area contributed by atoms with Gasteiger partial charge in [-0.3, -0.25) is 4.79 Å². The fourth-order valence-electron chi connectivity index (χ4n) is 1.98. The number of benzene rings is 1. The molecule has 0 bridgehead atoms. The van der Waals surface area contributed by atoms with Crippen molar-refractivity contribution in [1.82, 2.24) is 9.55 Å². The predicted octanol–water partition coefficient (Wildman–Crippen LogP) is 2.44. The van der Waals surface area contributed by atoms with Crippen molar-refractivity contribution in [3.05, 3.63) is 52.6 Å². The van der Waals surface area contributed by atoms with Gasteiger partial charge in [0, 0.05) is 18.9 Å². The van der Waals surface area contributed by atoms with Crippen LogP contribution in [0.3, 0.4) is 0 Å². The molecule has 20 heavy (non-hydrogen) atoms. The van der Waals surface area contributed by atoms with Crippen LogP contribution in [0.5, 0.6) is 5.75 Å². The zero-order chi connectivity index (χ0) is 14.5. The van der Waals surface area contributed by atoms with Gasteiger partial charge in [-0.2, -0.15) is 0 Å². The van der Waals surface area contributed by atoms with E-state index in [2.05, 4.69) is 10.3 Å². The number of aromatic nitrogens is 2. The lowest BCUT2D eigenvalue weighted by molar-refractivity contribution is 0.414. The number of anilines is 1. The summed E-state index contributed by atoms with van der Waals surface area (Å²) < 4.78 is 6.75. The van der Waals surface area contributed by atoms with Gasteiger partial charge in [-0.15, -0.1) is 0 Å². The van der Waals surface area contributed by atoms with Crippen LogP contribution in [-0.2, 0) is 6.54 Å². The summed E-state index contributed by atoms with van der Waals surface area (Å²) >= 11 is 0. The lowest BCUT2D eigenvalue weighted by Crippen LogP contribution is -2.24. The van der Waals surface area contributed by atoms with Crippen LogP contribution in [0, 0.1) is 0 Å². The lowest BCUT2D eigenvalue weighted by atomic mass is 10.1. The van der Waals surface area contributed by atoms with Crippen LogP contribution in [0.2, 0.25) is 0 Å². The van der Waals surface area contributed by atoms with Crippen molar-refractivity contribution in [1.29, 1.82) is 0 Å². The first kappa shape index (κ1) is 14.1. The molecule has 1 aromatic heterocycles. The van der Waals surface area contributed by atoms with Crippen LogP contribution in [0.15, 0.2) is 41.5 Å². The van der Waals surface area contributed by atoms with Gasteiger partial charge in [0.25, 0.3) is 5.56 Å². The van der Waals surface area contributed by atoms with Gasteiger partial charge in [-0.05, 0) is 31.5 Å². The Morgan fingerprint density at radius 3 is 2.65 bits per heavy atom. The molecule has 0 amide bonds. The molecule has 2 rings (SSSR count). The molecule has 5 nitrogen and oxygen atoms in total. The second-order valence-electron chi connectivity index (χ2n) is 4.51. The van der Waals surface area contributed by atoms with Crippen LogP contribution in [-0.4, -0.2) is 16.7 Å². The van der Waals surface area contributed by atoms with Gasteiger partial charge < -0.3 is 14.6 Å². The van der Waals surface area contributed by atoms with E-state index in [-0.39, 0.29) is 11.6 Å². The van der Waals surface area contributed by atoms with Crippen molar-refractivity contribution in [2.45, 2.75) is 26.4 Å². The predicted molar refractivity (Wildman–Crippen MR) is 79.2 cm³/mol. The van der Waals surface area contributed by atoms with Gasteiger partial charge in [0.15, 0.2) is 5.82 Å². The van der Waals surface area contributed by atoms with Gasteiger partial charge >= 0.3 is 0 Å². The first-order valence-electron chi connectivity index (χ1n) is 6.61. The Hall–Kier alpha value is -2.30. The fourth-order valence-corrected chi connectivity index (χ4v) is 1.98. The molecular weight excluding hydrogens is 254 g/mol. The molecule has 0 aliphatic carbocycles. The van der Waals surface area contributed by atoms with Crippen molar-refractivity contribution < 1.29 is 4.74 Å². The summed E-state index contributed by atoms with van der Waals surface area (Å²) in [6.45, 7) is 4.55. The Labute approximate surface area is 118 Å². The van der Waals surface area contributed by atoms with Crippen molar-refractivity contribution >= 4 is 5.82 Å². The van der Waals surface area contributed by atoms with Crippen LogP contribution in [0.25, 0.3) is 0 Å². The Kier molecular flexibility index (Phi) is 4.40. The molecule has 2 aromatic rings. The number of rotatable bonds is 5. The number of nitrogens with zero attached hydrogens (tertiary/aromatic N) is 2. The fraction of sp³-hybridized carbons (Fsp3) is 0.333. The zero-order valence-corrected chi connectivity index (χ0v) is 12.0. The molecule has 0 saturated carbocycles. The van der Waals surface area contributed by atoms with Crippen LogP contribution >= 0.6 is 0 Å². The second kappa shape index (κ2) is 6.23. The maximum absolute atomic E-state index is 12.1. The monoisotopic (exact) mass is 273 g/mol. The molecule has 0 saturated heterocycles. The molecule has 0 spiro atoms. The van der Waals surface area contributed by atoms with Crippen molar-refractivity contribution in [2.24, 2.45) is 0 Å². The number of hydrogen-bond donors (Lipinski definition) is 1. The number of nitrogens with one attached hydrogen (secondary N) is 1. The Balaban J connectivity index is 2.18. The molecule has 1 atom stereocenters. The summed E-state index contributed by atoms with van der Waals surface area (Å²) in [7, 11) is 1.64. The second-order valence-corrected chi connectivity index (χ2v) is 4.51. The van der Waals surface area contributed by atoms with Crippen molar-refractivity contribution in [3.8, 4) is 5.75 Å². The lowest BCUT2D eigenvalue weighted by Gasteiger charge is -2.15. The SMILES string of the molecule is CCn1ccnc(NC(C)c2ccc(OC)cc2)c1=O. The molecule has 0 fully saturated rings. The van der Waals surface area contributed by atoms with E-state index in [1.807, 2.05) is 38.1 Å². The van der Waals surface area contributed by atoms with Gasteiger partial charge in [0.2, 0.25) is 0 Å². The summed E-state index contributed by atoms with van der Waals surface area (Å²) in [5.41, 5.74) is 0.967. The standard InChI is InChI=1S/C15H19N3O2/c1-4-18-10-9-16-14(15(18)19)17-11(2)12-5-7-13(20-3)8-6-12/h5-11H,4H2,1-3H3,(H,16,17). The van der Waals surface area contributed by atoms with Crippen molar-refractivity contribution in [2.75, 3.05) is 12.4 Å². The van der Waals surface area contributed by atoms with Crippen LogP contribution in [0.1, 0.15) is 25.5 Å². The van der Waals surface area contributed by atoms with Gasteiger partial charge in [0.1, 0.15) is 5.75 Å². The Bertz CT molecular complexity index is 620. The number of methoxy groups -OCH3 is 1. The van der Waals surface area contributed by atoms with Gasteiger partial charge in [0.05, 0.1) is 13.2 Å². The molecule has 1 N–H and O–H groups in total. The normalized spacial score (nSPS) is 11.9. The number of aryl methyl sites for hydroxylation is 1. The summed E-state index contributed by atoms with van der Waals surface area (Å²) in [5, 5.41) is 3.15. The van der Waals surface area contributed by atoms with E-state index in [9.17, 15) is 4.79 Å². The maximum Gasteiger partial charge on any atom is 0.293 e. The molecule has 106 valence electrons. The largest absolute Gasteiger partial charge is 0.497 e. The summed E-state index contributed by atoms with van der Waals surface area (Å²) in [6.07, 6.45) is 3.32. The minimum absolute atomic E-state index is 0.00573. The molecule has 1 aromatic carbocycles. The van der Waals surface area contributed by atoms with Crippen LogP contribution < -0.4 is 15.6 Å². The molecule has 0 aliphatic rings. The zero-order valence-electron chi connectivity index (χ0n) is 12.0. The highest BCUT2D eigenvalue weighted by molar-refractivity contribution is 5.37. The van der Waals surface area contributed by atoms with E-state index >= 15 is 0 Å². The van der Waals surface area contributed by atoms with Gasteiger partial charge in [-0.25, -0.2) is 4.98 Å². The van der Waals surface area contributed by atoms with Gasteiger partial charge in [-0.1, -0.05) is 12.1 Å². The molecule has 0 aliphatic heterocycles. The van der Waals surface area contributed by atoms with E-state index in [0.29, 0.717) is 12.4 Å². The molecule has 1 heterocycles. The average Bonchev–Trinajstić information content (AvgIpc) is 2.49. The Morgan fingerprint density at radius 2 is 2.05 bits per heavy atom. The minimum Gasteiger partial charge on any atom is -0.497 e. The summed E-state index contributed by atoms with van der Waals surface area (Å²) in [6, 6.07) is 7.73. The smallest absolute Gasteiger partial charge is 0.293 e. The maximum atomic E-state index is 12.1. The quantitative estimate of drug-likeness (QED) is 0.909. The van der Waals surface area contributed by atoms with Crippen molar-refractivity contribution in [3.63, 3.8) is 0 Å². The average molecular weight is 273 g/mol. The molecule has 1 unspecified atom stereocenters. The Morgan fingerprint density at radius 1 is 1.35 bits per heavy atom. The highest BCUT2D eigenvalue weighted by Crippen LogP contribution is 2.19. The van der Waals surface area contributed by atoms with E-state index in [4.69, 9.17) is 4.74 Å². The van der Waals surface area contributed by atoms with E-state index < -0.39 is 0 Å². The summed E-state index contributed by atoms with van der Waals surface area (Å²) in [4.78, 5) is 16.2. The highest BCUT2D eigenvalue weighted by atomic mass is 16.5. The van der Waals surface area contributed by atoms with E-state index in [1.54, 1.807) is 24.1 Å².